The van der Waals surface area contributed by atoms with Gasteiger partial charge in [-0.25, -0.2) is 18.5 Å². The summed E-state index contributed by atoms with van der Waals surface area (Å²) in [4.78, 5) is 17.2. The molecule has 1 unspecified atom stereocenters. The Morgan fingerprint density at radius 1 is 1.29 bits per heavy atom. The number of fused-ring (bicyclic) bond motifs is 1. The number of anilines is 1. The Balaban J connectivity index is 2.27. The number of aryl methyl sites for hydroxylation is 1. The summed E-state index contributed by atoms with van der Waals surface area (Å²) in [6.07, 6.45) is 0. The largest absolute Gasteiger partial charge is 0.464 e. The van der Waals surface area contributed by atoms with Gasteiger partial charge in [-0.15, -0.1) is 5.10 Å². The van der Waals surface area contributed by atoms with Crippen molar-refractivity contribution in [3.8, 4) is 0 Å². The number of esters is 1. The predicted octanol–water partition coefficient (Wildman–Crippen LogP) is 2.03. The lowest BCUT2D eigenvalue weighted by molar-refractivity contribution is 0.0594. The third-order valence-electron chi connectivity index (χ3n) is 3.50. The molecule has 0 spiro atoms. The molecule has 2 heterocycles. The molecular formula is C16H16N4O3S. The average Bonchev–Trinajstić information content (AvgIpc) is 3.00. The molecule has 0 aliphatic rings. The molecule has 0 bridgehead atoms. The van der Waals surface area contributed by atoms with Crippen LogP contribution >= 0.6 is 0 Å². The van der Waals surface area contributed by atoms with Gasteiger partial charge in [0.2, 0.25) is 0 Å². The summed E-state index contributed by atoms with van der Waals surface area (Å²) in [6.45, 7) is 1.79. The van der Waals surface area contributed by atoms with E-state index in [1.807, 2.05) is 18.2 Å². The van der Waals surface area contributed by atoms with Crippen LogP contribution in [0.5, 0.6) is 0 Å². The van der Waals surface area contributed by atoms with Gasteiger partial charge in [0.25, 0.3) is 0 Å². The van der Waals surface area contributed by atoms with Crippen molar-refractivity contribution in [1.82, 2.24) is 14.6 Å². The number of nitrogens with zero attached hydrogens (tertiary/aromatic N) is 3. The van der Waals surface area contributed by atoms with Crippen molar-refractivity contribution in [2.24, 2.45) is 0 Å². The van der Waals surface area contributed by atoms with E-state index in [0.29, 0.717) is 26.9 Å². The van der Waals surface area contributed by atoms with Crippen molar-refractivity contribution >= 4 is 28.2 Å². The Bertz CT molecular complexity index is 937. The van der Waals surface area contributed by atoms with Gasteiger partial charge in [-0.3, -0.25) is 0 Å². The first kappa shape index (κ1) is 16.1. The summed E-state index contributed by atoms with van der Waals surface area (Å²) >= 11 is 0. The monoisotopic (exact) mass is 344 g/mol. The topological polar surface area (TPSA) is 85.6 Å². The van der Waals surface area contributed by atoms with Crippen molar-refractivity contribution in [2.45, 2.75) is 16.7 Å². The van der Waals surface area contributed by atoms with Crippen LogP contribution in [0.2, 0.25) is 0 Å². The van der Waals surface area contributed by atoms with E-state index in [1.165, 1.54) is 7.11 Å². The Kier molecular flexibility index (Phi) is 4.30. The van der Waals surface area contributed by atoms with Gasteiger partial charge in [0, 0.05) is 17.6 Å². The molecule has 8 heteroatoms. The van der Waals surface area contributed by atoms with Crippen molar-refractivity contribution in [1.29, 1.82) is 0 Å². The third kappa shape index (κ3) is 2.65. The number of carbonyl (C=O) groups excluding carboxylic acids is 1. The number of hydrogen-bond donors (Lipinski definition) is 1. The Morgan fingerprint density at radius 3 is 2.62 bits per heavy atom. The van der Waals surface area contributed by atoms with E-state index in [2.05, 4.69) is 15.4 Å². The second-order valence-corrected chi connectivity index (χ2v) is 6.44. The van der Waals surface area contributed by atoms with Crippen molar-refractivity contribution in [2.75, 3.05) is 19.5 Å². The first-order chi connectivity index (χ1) is 11.6. The Hall–Kier alpha value is -2.74. The highest BCUT2D eigenvalue weighted by Gasteiger charge is 2.23. The smallest absolute Gasteiger partial charge is 0.356 e. The molecule has 3 aromatic rings. The Morgan fingerprint density at radius 2 is 2.00 bits per heavy atom. The molecule has 124 valence electrons. The molecule has 1 aromatic carbocycles. The van der Waals surface area contributed by atoms with Crippen LogP contribution in [0.1, 0.15) is 16.2 Å². The van der Waals surface area contributed by atoms with Crippen LogP contribution in [-0.4, -0.2) is 38.9 Å². The molecule has 0 saturated carbocycles. The van der Waals surface area contributed by atoms with Crippen molar-refractivity contribution < 1.29 is 13.7 Å². The van der Waals surface area contributed by atoms with Gasteiger partial charge in [-0.1, -0.05) is 18.2 Å². The number of aromatic nitrogens is 3. The molecule has 0 saturated heterocycles. The van der Waals surface area contributed by atoms with Crippen LogP contribution in [0.15, 0.2) is 46.2 Å². The Labute approximate surface area is 141 Å². The zero-order valence-electron chi connectivity index (χ0n) is 13.4. The summed E-state index contributed by atoms with van der Waals surface area (Å²) in [6, 6.07) is 10.6. The van der Waals surface area contributed by atoms with Crippen LogP contribution in [-0.2, 0) is 15.5 Å². The lowest BCUT2D eigenvalue weighted by atomic mass is 10.3. The van der Waals surface area contributed by atoms with Gasteiger partial charge in [0.1, 0.15) is 4.90 Å². The van der Waals surface area contributed by atoms with Crippen LogP contribution < -0.4 is 5.32 Å². The minimum absolute atomic E-state index is 0.149. The van der Waals surface area contributed by atoms with E-state index in [1.54, 1.807) is 36.7 Å². The number of hydrogen-bond acceptors (Lipinski definition) is 6. The van der Waals surface area contributed by atoms with E-state index in [0.717, 1.165) is 0 Å². The fourth-order valence-corrected chi connectivity index (χ4v) is 3.61. The first-order valence-corrected chi connectivity index (χ1v) is 8.35. The number of ether oxygens (including phenoxy) is 1. The van der Waals surface area contributed by atoms with Gasteiger partial charge in [0.05, 0.1) is 17.9 Å². The summed E-state index contributed by atoms with van der Waals surface area (Å²) in [5.74, 6) is -0.0981. The molecule has 0 aliphatic carbocycles. The lowest BCUT2D eigenvalue weighted by Crippen LogP contribution is -2.08. The standard InChI is InChI=1S/C16H16N4O3S/c1-10-9-12(16(21)23-3)18-15-13(14(17-2)19-20(10)15)24(22)11-7-5-4-6-8-11/h4-9H,1-3H3,(H,17,19). The summed E-state index contributed by atoms with van der Waals surface area (Å²) in [5, 5.41) is 7.35. The fraction of sp³-hybridized carbons (Fsp3) is 0.188. The van der Waals surface area contributed by atoms with E-state index in [-0.39, 0.29) is 5.69 Å². The molecule has 0 fully saturated rings. The summed E-state index contributed by atoms with van der Waals surface area (Å²) in [5.41, 5.74) is 1.20. The zero-order valence-corrected chi connectivity index (χ0v) is 14.3. The highest BCUT2D eigenvalue weighted by atomic mass is 32.2. The van der Waals surface area contributed by atoms with Gasteiger partial charge in [-0.2, -0.15) is 0 Å². The molecule has 0 amide bonds. The quantitative estimate of drug-likeness (QED) is 0.729. The van der Waals surface area contributed by atoms with Gasteiger partial charge in [-0.05, 0) is 25.1 Å². The third-order valence-corrected chi connectivity index (χ3v) is 4.95. The second kappa shape index (κ2) is 6.40. The number of benzene rings is 1. The maximum absolute atomic E-state index is 13.0. The minimum Gasteiger partial charge on any atom is -0.464 e. The second-order valence-electron chi connectivity index (χ2n) is 5.02. The predicted molar refractivity (Wildman–Crippen MR) is 89.7 cm³/mol. The minimum atomic E-state index is -1.49. The fourth-order valence-electron chi connectivity index (χ4n) is 2.35. The van der Waals surface area contributed by atoms with Crippen LogP contribution in [0, 0.1) is 6.92 Å². The van der Waals surface area contributed by atoms with Crippen molar-refractivity contribution in [3.05, 3.63) is 47.8 Å². The number of carbonyl (C=O) groups is 1. The zero-order chi connectivity index (χ0) is 17.3. The highest BCUT2D eigenvalue weighted by molar-refractivity contribution is 7.85. The van der Waals surface area contributed by atoms with Crippen LogP contribution in [0.3, 0.4) is 0 Å². The van der Waals surface area contributed by atoms with E-state index in [9.17, 15) is 9.00 Å². The van der Waals surface area contributed by atoms with Crippen LogP contribution in [0.4, 0.5) is 5.82 Å². The molecule has 3 rings (SSSR count). The van der Waals surface area contributed by atoms with E-state index >= 15 is 0 Å². The first-order valence-electron chi connectivity index (χ1n) is 7.20. The molecule has 1 atom stereocenters. The van der Waals surface area contributed by atoms with Gasteiger partial charge >= 0.3 is 5.97 Å². The molecule has 0 aliphatic heterocycles. The number of nitrogens with one attached hydrogen (secondary N) is 1. The van der Waals surface area contributed by atoms with Gasteiger partial charge < -0.3 is 10.1 Å². The molecule has 2 aromatic heterocycles. The maximum atomic E-state index is 13.0. The molecule has 24 heavy (non-hydrogen) atoms. The molecule has 1 N–H and O–H groups in total. The lowest BCUT2D eigenvalue weighted by Gasteiger charge is -2.05. The number of methoxy groups -OCH3 is 1. The molecular weight excluding hydrogens is 328 g/mol. The average molecular weight is 344 g/mol. The van der Waals surface area contributed by atoms with E-state index < -0.39 is 16.8 Å². The summed E-state index contributed by atoms with van der Waals surface area (Å²) < 4.78 is 19.3. The van der Waals surface area contributed by atoms with Gasteiger partial charge in [0.15, 0.2) is 17.2 Å². The summed E-state index contributed by atoms with van der Waals surface area (Å²) in [7, 11) is 1.50. The SMILES string of the molecule is CNc1nn2c(C)cc(C(=O)OC)nc2c1S(=O)c1ccccc1. The number of rotatable bonds is 4. The van der Waals surface area contributed by atoms with E-state index in [4.69, 9.17) is 4.74 Å². The normalized spacial score (nSPS) is 12.1. The molecule has 0 radical (unpaired) electrons. The highest BCUT2D eigenvalue weighted by Crippen LogP contribution is 2.28. The molecule has 7 nitrogen and oxygen atoms in total. The maximum Gasteiger partial charge on any atom is 0.356 e. The van der Waals surface area contributed by atoms with Crippen LogP contribution in [0.25, 0.3) is 5.65 Å². The van der Waals surface area contributed by atoms with Crippen molar-refractivity contribution in [3.63, 3.8) is 0 Å².